The molecule has 0 atom stereocenters. The first-order valence-corrected chi connectivity index (χ1v) is 8.44. The molecule has 0 radical (unpaired) electrons. The minimum Gasteiger partial charge on any atom is -0.396 e. The first kappa shape index (κ1) is 14.7. The van der Waals surface area contributed by atoms with Crippen LogP contribution in [0.2, 0.25) is 0 Å². The molecule has 5 heteroatoms. The Hall–Kier alpha value is -1.20. The lowest BCUT2D eigenvalue weighted by molar-refractivity contribution is 0.139. The van der Waals surface area contributed by atoms with E-state index in [0.29, 0.717) is 6.54 Å². The zero-order valence-corrected chi connectivity index (χ0v) is 13.5. The summed E-state index contributed by atoms with van der Waals surface area (Å²) in [6.07, 6.45) is 7.34. The molecule has 3 rings (SSSR count). The lowest BCUT2D eigenvalue weighted by Crippen LogP contribution is -2.31. The molecule has 0 fully saturated rings. The van der Waals surface area contributed by atoms with Crippen LogP contribution in [0, 0.1) is 5.41 Å². The second-order valence-electron chi connectivity index (χ2n) is 6.74. The molecule has 4 nitrogen and oxygen atoms in total. The van der Waals surface area contributed by atoms with E-state index in [0.717, 1.165) is 29.5 Å². The van der Waals surface area contributed by atoms with Crippen LogP contribution in [-0.4, -0.2) is 21.3 Å². The number of hydrogen-bond acceptors (Lipinski definition) is 4. The van der Waals surface area contributed by atoms with Crippen LogP contribution in [0.3, 0.4) is 0 Å². The average molecular weight is 306 g/mol. The molecule has 1 aliphatic carbocycles. The monoisotopic (exact) mass is 306 g/mol. The van der Waals surface area contributed by atoms with Crippen LogP contribution in [-0.2, 0) is 19.4 Å². The molecule has 2 heterocycles. The van der Waals surface area contributed by atoms with Crippen LogP contribution in [0.1, 0.15) is 43.6 Å². The van der Waals surface area contributed by atoms with Gasteiger partial charge in [0.1, 0.15) is 4.83 Å². The van der Waals surface area contributed by atoms with Crippen LogP contribution in [0.25, 0.3) is 10.2 Å². The van der Waals surface area contributed by atoms with Crippen molar-refractivity contribution in [1.82, 2.24) is 9.55 Å². The second kappa shape index (κ2) is 5.54. The largest absolute Gasteiger partial charge is 0.396 e. The van der Waals surface area contributed by atoms with Crippen LogP contribution < -0.4 is 5.56 Å². The maximum absolute atomic E-state index is 12.8. The van der Waals surface area contributed by atoms with Gasteiger partial charge in [0.25, 0.3) is 5.56 Å². The molecule has 0 unspecified atom stereocenters. The highest BCUT2D eigenvalue weighted by atomic mass is 32.1. The van der Waals surface area contributed by atoms with E-state index in [1.807, 2.05) is 13.8 Å². The maximum Gasteiger partial charge on any atom is 0.262 e. The summed E-state index contributed by atoms with van der Waals surface area (Å²) in [6.45, 7) is 4.46. The fourth-order valence-electron chi connectivity index (χ4n) is 2.98. The summed E-state index contributed by atoms with van der Waals surface area (Å²) >= 11 is 1.69. The molecule has 21 heavy (non-hydrogen) atoms. The molecular formula is C16H22N2O2S. The molecule has 0 saturated carbocycles. The summed E-state index contributed by atoms with van der Waals surface area (Å²) in [5, 5.41) is 10.2. The predicted octanol–water partition coefficient (Wildman–Crippen LogP) is 2.75. The van der Waals surface area contributed by atoms with E-state index in [4.69, 9.17) is 0 Å². The Labute approximate surface area is 128 Å². The summed E-state index contributed by atoms with van der Waals surface area (Å²) in [7, 11) is 0. The SMILES string of the molecule is CC(C)(CO)Cn1cnc2sc3c(c2c1=O)CCCCC3. The van der Waals surface area contributed by atoms with Crippen LogP contribution >= 0.6 is 11.3 Å². The highest BCUT2D eigenvalue weighted by Crippen LogP contribution is 2.32. The van der Waals surface area contributed by atoms with Crippen molar-refractivity contribution in [3.63, 3.8) is 0 Å². The number of aryl methyl sites for hydroxylation is 2. The summed E-state index contributed by atoms with van der Waals surface area (Å²) in [5.74, 6) is 0. The van der Waals surface area contributed by atoms with Crippen LogP contribution in [0.4, 0.5) is 0 Å². The van der Waals surface area contributed by atoms with Gasteiger partial charge in [0.15, 0.2) is 0 Å². The van der Waals surface area contributed by atoms with Gasteiger partial charge in [-0.1, -0.05) is 20.3 Å². The zero-order chi connectivity index (χ0) is 15.0. The zero-order valence-electron chi connectivity index (χ0n) is 12.7. The van der Waals surface area contributed by atoms with E-state index in [2.05, 4.69) is 4.98 Å². The molecule has 0 amide bonds. The van der Waals surface area contributed by atoms with E-state index in [9.17, 15) is 9.90 Å². The molecule has 0 spiro atoms. The Kier molecular flexibility index (Phi) is 3.88. The normalized spacial score (nSPS) is 16.0. The van der Waals surface area contributed by atoms with Gasteiger partial charge in [-0.05, 0) is 31.2 Å². The van der Waals surface area contributed by atoms with Gasteiger partial charge in [-0.2, -0.15) is 0 Å². The molecule has 2 aromatic rings. The molecule has 0 aliphatic heterocycles. The number of nitrogens with zero attached hydrogens (tertiary/aromatic N) is 2. The van der Waals surface area contributed by atoms with Gasteiger partial charge in [0.05, 0.1) is 11.7 Å². The molecule has 0 aromatic carbocycles. The second-order valence-corrected chi connectivity index (χ2v) is 7.83. The lowest BCUT2D eigenvalue weighted by Gasteiger charge is -2.22. The van der Waals surface area contributed by atoms with Gasteiger partial charge in [-0.15, -0.1) is 11.3 Å². The van der Waals surface area contributed by atoms with Gasteiger partial charge in [0, 0.05) is 23.4 Å². The molecule has 1 N–H and O–H groups in total. The Bertz CT molecular complexity index is 715. The number of aliphatic hydroxyl groups is 1. The fraction of sp³-hybridized carbons (Fsp3) is 0.625. The average Bonchev–Trinajstić information content (AvgIpc) is 2.65. The van der Waals surface area contributed by atoms with Crippen molar-refractivity contribution in [2.45, 2.75) is 52.5 Å². The van der Waals surface area contributed by atoms with E-state index in [-0.39, 0.29) is 17.6 Å². The van der Waals surface area contributed by atoms with E-state index < -0.39 is 0 Å². The summed E-state index contributed by atoms with van der Waals surface area (Å²) < 4.78 is 1.66. The minimum atomic E-state index is -0.313. The Balaban J connectivity index is 2.12. The van der Waals surface area contributed by atoms with Gasteiger partial charge in [0.2, 0.25) is 0 Å². The van der Waals surface area contributed by atoms with Gasteiger partial charge < -0.3 is 5.11 Å². The third-order valence-corrected chi connectivity index (χ3v) is 5.42. The Morgan fingerprint density at radius 2 is 2.10 bits per heavy atom. The van der Waals surface area contributed by atoms with Gasteiger partial charge in [-0.3, -0.25) is 9.36 Å². The van der Waals surface area contributed by atoms with Crippen molar-refractivity contribution >= 4 is 21.6 Å². The first-order chi connectivity index (χ1) is 10.0. The Morgan fingerprint density at radius 3 is 2.86 bits per heavy atom. The third kappa shape index (κ3) is 2.77. The third-order valence-electron chi connectivity index (χ3n) is 4.22. The smallest absolute Gasteiger partial charge is 0.262 e. The summed E-state index contributed by atoms with van der Waals surface area (Å²) in [5.41, 5.74) is 0.980. The molecule has 114 valence electrons. The first-order valence-electron chi connectivity index (χ1n) is 7.62. The number of hydrogen-bond donors (Lipinski definition) is 1. The van der Waals surface area contributed by atoms with Crippen molar-refractivity contribution in [3.8, 4) is 0 Å². The fourth-order valence-corrected chi connectivity index (χ4v) is 4.20. The maximum atomic E-state index is 12.8. The number of aromatic nitrogens is 2. The molecular weight excluding hydrogens is 284 g/mol. The van der Waals surface area contributed by atoms with Crippen molar-refractivity contribution in [1.29, 1.82) is 0 Å². The van der Waals surface area contributed by atoms with Crippen molar-refractivity contribution < 1.29 is 5.11 Å². The number of thiophene rings is 1. The lowest BCUT2D eigenvalue weighted by atomic mass is 9.95. The molecule has 0 saturated heterocycles. The molecule has 1 aliphatic rings. The number of rotatable bonds is 3. The van der Waals surface area contributed by atoms with Crippen LogP contribution in [0.5, 0.6) is 0 Å². The predicted molar refractivity (Wildman–Crippen MR) is 86.0 cm³/mol. The van der Waals surface area contributed by atoms with Crippen LogP contribution in [0.15, 0.2) is 11.1 Å². The highest BCUT2D eigenvalue weighted by molar-refractivity contribution is 7.18. The Morgan fingerprint density at radius 1 is 1.33 bits per heavy atom. The minimum absolute atomic E-state index is 0.0548. The quantitative estimate of drug-likeness (QED) is 0.887. The summed E-state index contributed by atoms with van der Waals surface area (Å²) in [4.78, 5) is 19.5. The van der Waals surface area contributed by atoms with E-state index in [1.165, 1.54) is 23.3 Å². The number of fused-ring (bicyclic) bond motifs is 3. The number of aliphatic hydroxyl groups excluding tert-OH is 1. The van der Waals surface area contributed by atoms with E-state index >= 15 is 0 Å². The topological polar surface area (TPSA) is 55.1 Å². The molecule has 2 aromatic heterocycles. The van der Waals surface area contributed by atoms with Gasteiger partial charge >= 0.3 is 0 Å². The van der Waals surface area contributed by atoms with E-state index in [1.54, 1.807) is 22.2 Å². The summed E-state index contributed by atoms with van der Waals surface area (Å²) in [6, 6.07) is 0. The highest BCUT2D eigenvalue weighted by Gasteiger charge is 2.22. The van der Waals surface area contributed by atoms with Crippen molar-refractivity contribution in [3.05, 3.63) is 27.1 Å². The van der Waals surface area contributed by atoms with Crippen molar-refractivity contribution in [2.24, 2.45) is 5.41 Å². The molecule has 0 bridgehead atoms. The van der Waals surface area contributed by atoms with Crippen molar-refractivity contribution in [2.75, 3.05) is 6.61 Å². The standard InChI is InChI=1S/C16H22N2O2S/c1-16(2,9-19)8-18-10-17-14-13(15(18)20)11-6-4-3-5-7-12(11)21-14/h10,19H,3-9H2,1-2H3. The van der Waals surface area contributed by atoms with Gasteiger partial charge in [-0.25, -0.2) is 4.98 Å².